The van der Waals surface area contributed by atoms with Gasteiger partial charge in [-0.05, 0) is 12.8 Å². The van der Waals surface area contributed by atoms with Crippen LogP contribution in [-0.4, -0.2) is 64.1 Å². The smallest absolute Gasteiger partial charge is 0.327 e. The van der Waals surface area contributed by atoms with Crippen LogP contribution in [0.25, 0.3) is 0 Å². The van der Waals surface area contributed by atoms with Gasteiger partial charge in [-0.25, -0.2) is 9.59 Å². The Kier molecular flexibility index (Phi) is 6.48. The van der Waals surface area contributed by atoms with Gasteiger partial charge in [0.25, 0.3) is 0 Å². The van der Waals surface area contributed by atoms with E-state index in [0.717, 1.165) is 12.2 Å². The van der Waals surface area contributed by atoms with Crippen LogP contribution >= 0.6 is 11.8 Å². The zero-order valence-corrected chi connectivity index (χ0v) is 12.8. The molecule has 0 saturated carbocycles. The lowest BCUT2D eigenvalue weighted by molar-refractivity contribution is -0.141. The lowest BCUT2D eigenvalue weighted by Crippen LogP contribution is -2.55. The third-order valence-corrected chi connectivity index (χ3v) is 4.56. The second kappa shape index (κ2) is 7.62. The lowest BCUT2D eigenvalue weighted by Gasteiger charge is -2.37. The molecule has 0 radical (unpaired) electrons. The molecule has 2 unspecified atom stereocenters. The third kappa shape index (κ3) is 4.30. The fourth-order valence-corrected chi connectivity index (χ4v) is 3.10. The molecule has 0 spiro atoms. The number of hydrogen-bond donors (Lipinski definition) is 1. The van der Waals surface area contributed by atoms with Gasteiger partial charge >= 0.3 is 12.0 Å². The Bertz CT molecular complexity index is 325. The summed E-state index contributed by atoms with van der Waals surface area (Å²) in [4.78, 5) is 27.0. The number of aliphatic carboxylic acids is 1. The molecule has 0 aromatic rings. The van der Waals surface area contributed by atoms with E-state index in [1.807, 2.05) is 6.92 Å². The van der Waals surface area contributed by atoms with Crippen molar-refractivity contribution in [1.29, 1.82) is 0 Å². The van der Waals surface area contributed by atoms with Crippen LogP contribution in [0.5, 0.6) is 0 Å². The molecule has 1 heterocycles. The van der Waals surface area contributed by atoms with Gasteiger partial charge in [0.05, 0.1) is 0 Å². The average Bonchev–Trinajstić information content (AvgIpc) is 2.43. The fourth-order valence-electron chi connectivity index (χ4n) is 2.07. The number of nitrogens with zero attached hydrogens (tertiary/aromatic N) is 2. The number of amides is 2. The van der Waals surface area contributed by atoms with Crippen molar-refractivity contribution in [3.63, 3.8) is 0 Å². The second-order valence-electron chi connectivity index (χ2n) is 4.96. The number of carbonyl (C=O) groups excluding carboxylic acids is 1. The van der Waals surface area contributed by atoms with Crippen molar-refractivity contribution in [2.24, 2.45) is 5.92 Å². The highest BCUT2D eigenvalue weighted by atomic mass is 32.2. The van der Waals surface area contributed by atoms with Crippen LogP contribution in [0.15, 0.2) is 0 Å². The molecule has 0 aliphatic carbocycles. The minimum Gasteiger partial charge on any atom is -0.480 e. The molecular weight excluding hydrogens is 264 g/mol. The SMILES string of the molecule is CCC(C)CN(CC)C(=O)N1CCSCC1C(=O)O. The van der Waals surface area contributed by atoms with Crippen LogP contribution < -0.4 is 0 Å². The molecule has 2 amide bonds. The van der Waals surface area contributed by atoms with Crippen molar-refractivity contribution in [2.75, 3.05) is 31.1 Å². The minimum absolute atomic E-state index is 0.129. The minimum atomic E-state index is -0.903. The Hall–Kier alpha value is -0.910. The van der Waals surface area contributed by atoms with Gasteiger partial charge in [-0.15, -0.1) is 0 Å². The van der Waals surface area contributed by atoms with Crippen LogP contribution in [0.2, 0.25) is 0 Å². The van der Waals surface area contributed by atoms with Gasteiger partial charge in [-0.3, -0.25) is 0 Å². The van der Waals surface area contributed by atoms with Gasteiger partial charge in [-0.1, -0.05) is 20.3 Å². The number of carboxylic acids is 1. The van der Waals surface area contributed by atoms with E-state index in [2.05, 4.69) is 13.8 Å². The molecule has 5 nitrogen and oxygen atoms in total. The number of carboxylic acid groups (broad SMARTS) is 1. The van der Waals surface area contributed by atoms with Crippen LogP contribution in [-0.2, 0) is 4.79 Å². The summed E-state index contributed by atoms with van der Waals surface area (Å²) in [7, 11) is 0. The largest absolute Gasteiger partial charge is 0.480 e. The normalized spacial score (nSPS) is 21.0. The zero-order chi connectivity index (χ0) is 14.4. The van der Waals surface area contributed by atoms with Gasteiger partial charge in [0, 0.05) is 31.1 Å². The van der Waals surface area contributed by atoms with Crippen molar-refractivity contribution < 1.29 is 14.7 Å². The first-order valence-electron chi connectivity index (χ1n) is 6.87. The Morgan fingerprint density at radius 1 is 1.47 bits per heavy atom. The van der Waals surface area contributed by atoms with Crippen LogP contribution in [0.4, 0.5) is 4.79 Å². The zero-order valence-electron chi connectivity index (χ0n) is 12.0. The maximum absolute atomic E-state index is 12.5. The fraction of sp³-hybridized carbons (Fsp3) is 0.846. The van der Waals surface area contributed by atoms with E-state index in [9.17, 15) is 14.7 Å². The highest BCUT2D eigenvalue weighted by Crippen LogP contribution is 2.19. The Morgan fingerprint density at radius 2 is 2.16 bits per heavy atom. The number of rotatable bonds is 5. The summed E-state index contributed by atoms with van der Waals surface area (Å²) in [6.07, 6.45) is 1.02. The maximum atomic E-state index is 12.5. The van der Waals surface area contributed by atoms with Crippen LogP contribution in [0, 0.1) is 5.92 Å². The summed E-state index contributed by atoms with van der Waals surface area (Å²) in [5.74, 6) is 0.838. The molecule has 1 saturated heterocycles. The molecule has 19 heavy (non-hydrogen) atoms. The predicted octanol–water partition coefficient (Wildman–Crippen LogP) is 1.98. The van der Waals surface area contributed by atoms with E-state index < -0.39 is 12.0 Å². The van der Waals surface area contributed by atoms with Crippen molar-refractivity contribution in [2.45, 2.75) is 33.2 Å². The quantitative estimate of drug-likeness (QED) is 0.840. The molecule has 0 bridgehead atoms. The molecule has 0 aromatic heterocycles. The molecule has 1 fully saturated rings. The van der Waals surface area contributed by atoms with E-state index >= 15 is 0 Å². The second-order valence-corrected chi connectivity index (χ2v) is 6.11. The van der Waals surface area contributed by atoms with E-state index in [1.165, 1.54) is 4.90 Å². The first kappa shape index (κ1) is 16.1. The maximum Gasteiger partial charge on any atom is 0.327 e. The molecule has 6 heteroatoms. The summed E-state index contributed by atoms with van der Waals surface area (Å²) in [6.45, 7) is 7.99. The third-order valence-electron chi connectivity index (χ3n) is 3.54. The molecule has 1 rings (SSSR count). The Balaban J connectivity index is 2.73. The van der Waals surface area contributed by atoms with Crippen molar-refractivity contribution in [1.82, 2.24) is 9.80 Å². The van der Waals surface area contributed by atoms with Crippen LogP contribution in [0.1, 0.15) is 27.2 Å². The van der Waals surface area contributed by atoms with Crippen molar-refractivity contribution in [3.8, 4) is 0 Å². The van der Waals surface area contributed by atoms with E-state index in [0.29, 0.717) is 31.3 Å². The Labute approximate surface area is 119 Å². The summed E-state index contributed by atoms with van der Waals surface area (Å²) < 4.78 is 0. The van der Waals surface area contributed by atoms with Crippen molar-refractivity contribution >= 4 is 23.8 Å². The molecular formula is C13H24N2O3S. The monoisotopic (exact) mass is 288 g/mol. The molecule has 1 aliphatic rings. The summed E-state index contributed by atoms with van der Waals surface area (Å²) in [5, 5.41) is 9.21. The van der Waals surface area contributed by atoms with E-state index in [-0.39, 0.29) is 6.03 Å². The summed E-state index contributed by atoms with van der Waals surface area (Å²) >= 11 is 1.60. The van der Waals surface area contributed by atoms with Gasteiger partial charge in [0.15, 0.2) is 0 Å². The predicted molar refractivity (Wildman–Crippen MR) is 77.6 cm³/mol. The number of thioether (sulfide) groups is 1. The van der Waals surface area contributed by atoms with Crippen molar-refractivity contribution in [3.05, 3.63) is 0 Å². The Morgan fingerprint density at radius 3 is 2.68 bits per heavy atom. The highest BCUT2D eigenvalue weighted by Gasteiger charge is 2.34. The molecule has 1 aliphatic heterocycles. The van der Waals surface area contributed by atoms with E-state index in [4.69, 9.17) is 0 Å². The highest BCUT2D eigenvalue weighted by molar-refractivity contribution is 7.99. The lowest BCUT2D eigenvalue weighted by atomic mass is 10.1. The van der Waals surface area contributed by atoms with Crippen LogP contribution in [0.3, 0.4) is 0 Å². The molecule has 2 atom stereocenters. The number of hydrogen-bond acceptors (Lipinski definition) is 3. The van der Waals surface area contributed by atoms with Gasteiger partial charge in [0.1, 0.15) is 6.04 Å². The molecule has 0 aromatic carbocycles. The first-order chi connectivity index (χ1) is 9.01. The summed E-state index contributed by atoms with van der Waals surface area (Å²) in [6, 6.07) is -0.812. The van der Waals surface area contributed by atoms with Gasteiger partial charge in [-0.2, -0.15) is 11.8 Å². The number of urea groups is 1. The van der Waals surface area contributed by atoms with Gasteiger partial charge in [0.2, 0.25) is 0 Å². The number of carbonyl (C=O) groups is 2. The molecule has 110 valence electrons. The summed E-state index contributed by atoms with van der Waals surface area (Å²) in [5.41, 5.74) is 0. The van der Waals surface area contributed by atoms with E-state index in [1.54, 1.807) is 16.7 Å². The van der Waals surface area contributed by atoms with Gasteiger partial charge < -0.3 is 14.9 Å². The molecule has 1 N–H and O–H groups in total. The average molecular weight is 288 g/mol. The standard InChI is InChI=1S/C13H24N2O3S/c1-4-10(3)8-14(5-2)13(18)15-6-7-19-9-11(15)12(16)17/h10-11H,4-9H2,1-3H3,(H,16,17). The topological polar surface area (TPSA) is 60.9 Å². The first-order valence-corrected chi connectivity index (χ1v) is 8.02.